The number of benzene rings is 2. The zero-order valence-corrected chi connectivity index (χ0v) is 19.1. The Morgan fingerprint density at radius 3 is 2.16 bits per heavy atom. The Hall–Kier alpha value is -2.58. The van der Waals surface area contributed by atoms with Crippen LogP contribution in [0.15, 0.2) is 48.5 Å². The third-order valence-electron chi connectivity index (χ3n) is 5.27. The third-order valence-corrected chi connectivity index (χ3v) is 6.46. The summed E-state index contributed by atoms with van der Waals surface area (Å²) in [6.45, 7) is 3.00. The van der Waals surface area contributed by atoms with E-state index in [1.165, 1.54) is 19.3 Å². The molecule has 1 amide bonds. The van der Waals surface area contributed by atoms with Gasteiger partial charge < -0.3 is 15.1 Å². The SMILES string of the molecule is CN(C)CCc1ccc(NC(=O)CS(=O)(=O)Nc2ccc(N3CCCCC3)cc2)cc1. The number of nitrogens with zero attached hydrogens (tertiary/aromatic N) is 2. The monoisotopic (exact) mass is 444 g/mol. The van der Waals surface area contributed by atoms with Gasteiger partial charge in [0.1, 0.15) is 5.75 Å². The number of sulfonamides is 1. The van der Waals surface area contributed by atoms with Crippen LogP contribution in [0.3, 0.4) is 0 Å². The van der Waals surface area contributed by atoms with Crippen LogP contribution in [0, 0.1) is 0 Å². The van der Waals surface area contributed by atoms with Gasteiger partial charge in [-0.15, -0.1) is 0 Å². The Morgan fingerprint density at radius 2 is 1.55 bits per heavy atom. The molecular formula is C23H32N4O3S. The van der Waals surface area contributed by atoms with Gasteiger partial charge in [-0.05, 0) is 81.7 Å². The zero-order valence-electron chi connectivity index (χ0n) is 18.3. The summed E-state index contributed by atoms with van der Waals surface area (Å²) in [6.07, 6.45) is 4.54. The normalized spacial score (nSPS) is 14.5. The number of rotatable bonds is 9. The van der Waals surface area contributed by atoms with Gasteiger partial charge in [0.15, 0.2) is 0 Å². The van der Waals surface area contributed by atoms with E-state index in [0.29, 0.717) is 11.4 Å². The van der Waals surface area contributed by atoms with Crippen LogP contribution in [0.4, 0.5) is 17.1 Å². The van der Waals surface area contributed by atoms with Crippen molar-refractivity contribution in [3.63, 3.8) is 0 Å². The number of hydrogen-bond acceptors (Lipinski definition) is 5. The lowest BCUT2D eigenvalue weighted by molar-refractivity contribution is -0.113. The molecule has 2 aromatic carbocycles. The molecule has 2 aromatic rings. The fourth-order valence-electron chi connectivity index (χ4n) is 3.59. The summed E-state index contributed by atoms with van der Waals surface area (Å²) >= 11 is 0. The molecule has 3 rings (SSSR count). The molecule has 0 aromatic heterocycles. The highest BCUT2D eigenvalue weighted by molar-refractivity contribution is 7.93. The lowest BCUT2D eigenvalue weighted by atomic mass is 10.1. The van der Waals surface area contributed by atoms with Gasteiger partial charge in [0.25, 0.3) is 0 Å². The summed E-state index contributed by atoms with van der Waals surface area (Å²) in [6, 6.07) is 14.8. The quantitative estimate of drug-likeness (QED) is 0.621. The number of carbonyl (C=O) groups is 1. The van der Waals surface area contributed by atoms with Crippen LogP contribution in [-0.4, -0.2) is 58.7 Å². The van der Waals surface area contributed by atoms with Crippen molar-refractivity contribution in [3.05, 3.63) is 54.1 Å². The molecule has 2 N–H and O–H groups in total. The summed E-state index contributed by atoms with van der Waals surface area (Å²) in [4.78, 5) is 16.6. The maximum Gasteiger partial charge on any atom is 0.241 e. The fourth-order valence-corrected chi connectivity index (χ4v) is 4.57. The van der Waals surface area contributed by atoms with Gasteiger partial charge >= 0.3 is 0 Å². The van der Waals surface area contributed by atoms with Crippen molar-refractivity contribution in [1.82, 2.24) is 4.90 Å². The Morgan fingerprint density at radius 1 is 0.935 bits per heavy atom. The van der Waals surface area contributed by atoms with Crippen LogP contribution in [0.25, 0.3) is 0 Å². The van der Waals surface area contributed by atoms with Crippen LogP contribution in [-0.2, 0) is 21.2 Å². The van der Waals surface area contributed by atoms with Gasteiger partial charge in [-0.25, -0.2) is 8.42 Å². The highest BCUT2D eigenvalue weighted by Gasteiger charge is 2.17. The van der Waals surface area contributed by atoms with E-state index in [1.54, 1.807) is 24.3 Å². The molecule has 1 heterocycles. The summed E-state index contributed by atoms with van der Waals surface area (Å²) in [5.74, 6) is -1.21. The smallest absolute Gasteiger partial charge is 0.241 e. The molecule has 31 heavy (non-hydrogen) atoms. The van der Waals surface area contributed by atoms with Crippen LogP contribution >= 0.6 is 0 Å². The van der Waals surface area contributed by atoms with Crippen LogP contribution in [0.5, 0.6) is 0 Å². The number of piperidine rings is 1. The van der Waals surface area contributed by atoms with Crippen molar-refractivity contribution >= 4 is 33.0 Å². The van der Waals surface area contributed by atoms with Gasteiger partial charge in [0.2, 0.25) is 15.9 Å². The molecule has 0 unspecified atom stereocenters. The van der Waals surface area contributed by atoms with Crippen LogP contribution in [0.2, 0.25) is 0 Å². The van der Waals surface area contributed by atoms with E-state index in [0.717, 1.165) is 37.3 Å². The Balaban J connectivity index is 1.51. The first-order valence-corrected chi connectivity index (χ1v) is 12.3. The van der Waals surface area contributed by atoms with Gasteiger partial charge in [-0.1, -0.05) is 12.1 Å². The maximum atomic E-state index is 12.4. The Bertz CT molecular complexity index is 951. The second-order valence-electron chi connectivity index (χ2n) is 8.25. The molecule has 0 bridgehead atoms. The highest BCUT2D eigenvalue weighted by atomic mass is 32.2. The first kappa shape index (κ1) is 23.1. The molecule has 0 spiro atoms. The topological polar surface area (TPSA) is 81.8 Å². The minimum atomic E-state index is -3.80. The maximum absolute atomic E-state index is 12.4. The molecule has 0 saturated carbocycles. The van der Waals surface area contributed by atoms with Gasteiger partial charge in [0, 0.05) is 36.7 Å². The van der Waals surface area contributed by atoms with E-state index < -0.39 is 21.7 Å². The number of anilines is 3. The second-order valence-corrected chi connectivity index (χ2v) is 9.98. The number of likely N-dealkylation sites (N-methyl/N-ethyl adjacent to an activating group) is 1. The van der Waals surface area contributed by atoms with E-state index in [9.17, 15) is 13.2 Å². The van der Waals surface area contributed by atoms with Crippen molar-refractivity contribution in [2.45, 2.75) is 25.7 Å². The largest absolute Gasteiger partial charge is 0.372 e. The number of carbonyl (C=O) groups excluding carboxylic acids is 1. The first-order valence-electron chi connectivity index (χ1n) is 10.7. The van der Waals surface area contributed by atoms with Crippen LogP contribution in [0.1, 0.15) is 24.8 Å². The van der Waals surface area contributed by atoms with Gasteiger partial charge in [0.05, 0.1) is 0 Å². The molecular weight excluding hydrogens is 412 g/mol. The molecule has 0 radical (unpaired) electrons. The average molecular weight is 445 g/mol. The van der Waals surface area contributed by atoms with E-state index in [4.69, 9.17) is 0 Å². The number of hydrogen-bond donors (Lipinski definition) is 2. The van der Waals surface area contributed by atoms with Crippen molar-refractivity contribution in [2.75, 3.05) is 54.4 Å². The molecule has 1 aliphatic rings. The molecule has 0 aliphatic carbocycles. The molecule has 1 fully saturated rings. The van der Waals surface area contributed by atoms with E-state index in [1.807, 2.05) is 38.4 Å². The lowest BCUT2D eigenvalue weighted by Gasteiger charge is -2.28. The van der Waals surface area contributed by atoms with Crippen molar-refractivity contribution < 1.29 is 13.2 Å². The standard InChI is InChI=1S/C23H32N4O3S/c1-26(2)17-14-19-6-8-20(9-7-19)24-23(28)18-31(29,30)25-21-10-12-22(13-11-21)27-15-4-3-5-16-27/h6-13,25H,3-5,14-18H2,1-2H3,(H,24,28). The summed E-state index contributed by atoms with van der Waals surface area (Å²) in [5.41, 5.74) is 3.29. The fraction of sp³-hybridized carbons (Fsp3) is 0.435. The van der Waals surface area contributed by atoms with Crippen LogP contribution < -0.4 is 14.9 Å². The van der Waals surface area contributed by atoms with Gasteiger partial charge in [-0.3, -0.25) is 9.52 Å². The number of amides is 1. The molecule has 1 saturated heterocycles. The predicted molar refractivity (Wildman–Crippen MR) is 127 cm³/mol. The van der Waals surface area contributed by atoms with Crippen molar-refractivity contribution in [2.24, 2.45) is 0 Å². The van der Waals surface area contributed by atoms with E-state index >= 15 is 0 Å². The zero-order chi connectivity index (χ0) is 22.3. The minimum Gasteiger partial charge on any atom is -0.372 e. The van der Waals surface area contributed by atoms with E-state index in [-0.39, 0.29) is 0 Å². The van der Waals surface area contributed by atoms with Crippen molar-refractivity contribution in [1.29, 1.82) is 0 Å². The van der Waals surface area contributed by atoms with Gasteiger partial charge in [-0.2, -0.15) is 0 Å². The Kier molecular flexibility index (Phi) is 7.92. The van der Waals surface area contributed by atoms with E-state index in [2.05, 4.69) is 19.8 Å². The van der Waals surface area contributed by atoms with Crippen molar-refractivity contribution in [3.8, 4) is 0 Å². The molecule has 1 aliphatic heterocycles. The summed E-state index contributed by atoms with van der Waals surface area (Å²) in [5, 5.41) is 2.65. The number of nitrogens with one attached hydrogen (secondary N) is 2. The first-order chi connectivity index (χ1) is 14.8. The average Bonchev–Trinajstić information content (AvgIpc) is 2.73. The predicted octanol–water partition coefficient (Wildman–Crippen LogP) is 3.16. The second kappa shape index (κ2) is 10.6. The highest BCUT2D eigenvalue weighted by Crippen LogP contribution is 2.22. The molecule has 0 atom stereocenters. The third kappa shape index (κ3) is 7.56. The summed E-state index contributed by atoms with van der Waals surface area (Å²) < 4.78 is 27.3. The lowest BCUT2D eigenvalue weighted by Crippen LogP contribution is -2.29. The molecule has 7 nitrogen and oxygen atoms in total. The molecule has 8 heteroatoms. The molecule has 168 valence electrons. The Labute approximate surface area is 185 Å². The summed E-state index contributed by atoms with van der Waals surface area (Å²) in [7, 11) is 0.241. The minimum absolute atomic E-state index is 0.457.